The molecule has 8 nitrogen and oxygen atoms in total. The smallest absolute Gasteiger partial charge is 0.270 e. The second-order valence-electron chi connectivity index (χ2n) is 8.80. The van der Waals surface area contributed by atoms with Crippen LogP contribution in [0.4, 0.5) is 5.82 Å². The Morgan fingerprint density at radius 1 is 1.27 bits per heavy atom. The van der Waals surface area contributed by atoms with E-state index >= 15 is 0 Å². The number of hydrogen-bond donors (Lipinski definition) is 0. The van der Waals surface area contributed by atoms with E-state index in [0.717, 1.165) is 12.8 Å². The van der Waals surface area contributed by atoms with Gasteiger partial charge in [0.15, 0.2) is 0 Å². The molecule has 1 aromatic rings. The Morgan fingerprint density at radius 2 is 1.97 bits per heavy atom. The van der Waals surface area contributed by atoms with Crippen molar-refractivity contribution in [3.05, 3.63) is 31.9 Å². The number of anilines is 1. The van der Waals surface area contributed by atoms with Gasteiger partial charge in [-0.3, -0.25) is 19.1 Å². The van der Waals surface area contributed by atoms with Crippen molar-refractivity contribution in [1.29, 1.82) is 5.26 Å². The number of thioether (sulfide) groups is 1. The molecule has 0 saturated carbocycles. The van der Waals surface area contributed by atoms with Crippen LogP contribution in [0.2, 0.25) is 0 Å². The van der Waals surface area contributed by atoms with Crippen LogP contribution in [0.5, 0.6) is 0 Å². The highest BCUT2D eigenvalue weighted by atomic mass is 32.2. The van der Waals surface area contributed by atoms with Crippen molar-refractivity contribution < 1.29 is 14.3 Å². The lowest BCUT2D eigenvalue weighted by Gasteiger charge is -2.38. The summed E-state index contributed by atoms with van der Waals surface area (Å²) in [5, 5.41) is 9.66. The average Bonchev–Trinajstić information content (AvgIpc) is 3.36. The first kappa shape index (κ1) is 24.0. The molecular formula is C23H28N4O4S2. The number of amides is 1. The van der Waals surface area contributed by atoms with Gasteiger partial charge in [-0.05, 0) is 45.3 Å². The van der Waals surface area contributed by atoms with E-state index in [1.807, 2.05) is 19.9 Å². The van der Waals surface area contributed by atoms with E-state index in [2.05, 4.69) is 4.90 Å². The summed E-state index contributed by atoms with van der Waals surface area (Å²) in [4.78, 5) is 30.4. The number of pyridine rings is 1. The van der Waals surface area contributed by atoms with Gasteiger partial charge in [0.2, 0.25) is 0 Å². The second-order valence-corrected chi connectivity index (χ2v) is 10.5. The van der Waals surface area contributed by atoms with E-state index in [1.54, 1.807) is 24.9 Å². The zero-order chi connectivity index (χ0) is 23.9. The first-order chi connectivity index (χ1) is 15.7. The lowest BCUT2D eigenvalue weighted by Crippen LogP contribution is -2.47. The quantitative estimate of drug-likeness (QED) is 0.472. The number of aromatic nitrogens is 1. The van der Waals surface area contributed by atoms with Gasteiger partial charge in [-0.15, -0.1) is 0 Å². The molecule has 0 aliphatic carbocycles. The Balaban J connectivity index is 1.78. The minimum Gasteiger partial charge on any atom is -0.376 e. The Morgan fingerprint density at radius 3 is 2.58 bits per heavy atom. The topological polar surface area (TPSA) is 87.8 Å². The highest BCUT2D eigenvalue weighted by Crippen LogP contribution is 2.36. The average molecular weight is 489 g/mol. The SMILES string of the molecule is Cc1c(C=C2SC(=S)N(CC3CCCO3)C2=O)c(N2CC(C)OC(C)C2)n(C)c(=O)c1C#N. The van der Waals surface area contributed by atoms with E-state index in [0.29, 0.717) is 52.4 Å². The fourth-order valence-corrected chi connectivity index (χ4v) is 5.98. The monoisotopic (exact) mass is 488 g/mol. The summed E-state index contributed by atoms with van der Waals surface area (Å²) in [5.41, 5.74) is 0.982. The molecule has 3 aliphatic heterocycles. The molecule has 1 amide bonds. The van der Waals surface area contributed by atoms with Crippen LogP contribution in [0.1, 0.15) is 43.4 Å². The van der Waals surface area contributed by atoms with Gasteiger partial charge in [-0.1, -0.05) is 24.0 Å². The minimum absolute atomic E-state index is 0.00297. The van der Waals surface area contributed by atoms with Gasteiger partial charge in [-0.2, -0.15) is 5.26 Å². The largest absolute Gasteiger partial charge is 0.376 e. The maximum Gasteiger partial charge on any atom is 0.270 e. The van der Waals surface area contributed by atoms with Gasteiger partial charge in [0.25, 0.3) is 11.5 Å². The summed E-state index contributed by atoms with van der Waals surface area (Å²) in [6, 6.07) is 2.04. The van der Waals surface area contributed by atoms with Crippen LogP contribution in [0.3, 0.4) is 0 Å². The van der Waals surface area contributed by atoms with E-state index in [9.17, 15) is 14.9 Å². The zero-order valence-electron chi connectivity index (χ0n) is 19.3. The molecule has 3 unspecified atom stereocenters. The van der Waals surface area contributed by atoms with E-state index < -0.39 is 0 Å². The Kier molecular flexibility index (Phi) is 6.96. The van der Waals surface area contributed by atoms with Crippen molar-refractivity contribution in [3.8, 4) is 6.07 Å². The van der Waals surface area contributed by atoms with E-state index in [4.69, 9.17) is 21.7 Å². The molecule has 4 heterocycles. The number of morpholine rings is 1. The highest BCUT2D eigenvalue weighted by Gasteiger charge is 2.36. The maximum absolute atomic E-state index is 13.2. The Labute approximate surface area is 203 Å². The van der Waals surface area contributed by atoms with E-state index in [1.165, 1.54) is 16.3 Å². The summed E-state index contributed by atoms with van der Waals surface area (Å²) in [6.45, 7) is 8.11. The second kappa shape index (κ2) is 9.58. The summed E-state index contributed by atoms with van der Waals surface area (Å²) in [6.07, 6.45) is 3.66. The number of nitrogens with zero attached hydrogens (tertiary/aromatic N) is 4. The van der Waals surface area contributed by atoms with Crippen LogP contribution >= 0.6 is 24.0 Å². The van der Waals surface area contributed by atoms with Gasteiger partial charge in [-0.25, -0.2) is 0 Å². The summed E-state index contributed by atoms with van der Waals surface area (Å²) >= 11 is 6.75. The third-order valence-electron chi connectivity index (χ3n) is 6.25. The van der Waals surface area contributed by atoms with Gasteiger partial charge < -0.3 is 14.4 Å². The van der Waals surface area contributed by atoms with Crippen LogP contribution in [0.15, 0.2) is 9.70 Å². The standard InChI is InChI=1S/C23H28N4O4S2/c1-13-10-26(11-14(2)31-13)20-17(15(3)18(9-24)21(28)25(20)4)8-19-22(29)27(23(32)33-19)12-16-6-5-7-30-16/h8,13-14,16H,5-7,10-12H2,1-4H3. The van der Waals surface area contributed by atoms with Crippen molar-refractivity contribution in [3.63, 3.8) is 0 Å². The molecule has 3 saturated heterocycles. The highest BCUT2D eigenvalue weighted by molar-refractivity contribution is 8.26. The molecule has 0 bridgehead atoms. The predicted molar refractivity (Wildman–Crippen MR) is 132 cm³/mol. The molecule has 0 radical (unpaired) electrons. The number of ether oxygens (including phenoxy) is 2. The van der Waals surface area contributed by atoms with Crippen LogP contribution in [-0.4, -0.2) is 64.2 Å². The van der Waals surface area contributed by atoms with E-state index in [-0.39, 0.29) is 35.3 Å². The van der Waals surface area contributed by atoms with Crippen LogP contribution in [0.25, 0.3) is 6.08 Å². The van der Waals surface area contributed by atoms with Gasteiger partial charge in [0.05, 0.1) is 29.8 Å². The molecule has 3 fully saturated rings. The Bertz CT molecular complexity index is 1110. The van der Waals surface area contributed by atoms with Gasteiger partial charge in [0, 0.05) is 32.3 Å². The van der Waals surface area contributed by atoms with Gasteiger partial charge in [0.1, 0.15) is 21.8 Å². The predicted octanol–water partition coefficient (Wildman–Crippen LogP) is 2.56. The molecule has 4 rings (SSSR count). The van der Waals surface area contributed by atoms with Crippen molar-refractivity contribution in [2.45, 2.75) is 51.9 Å². The molecule has 3 aliphatic rings. The summed E-state index contributed by atoms with van der Waals surface area (Å²) in [7, 11) is 1.67. The molecular weight excluding hydrogens is 460 g/mol. The van der Waals surface area contributed by atoms with Crippen molar-refractivity contribution >= 4 is 46.1 Å². The number of carbonyl (C=O) groups excluding carboxylic acids is 1. The molecule has 0 spiro atoms. The van der Waals surface area contributed by atoms with Crippen molar-refractivity contribution in [2.24, 2.45) is 7.05 Å². The zero-order valence-corrected chi connectivity index (χ0v) is 20.9. The number of rotatable bonds is 4. The van der Waals surface area contributed by atoms with Crippen molar-refractivity contribution in [1.82, 2.24) is 9.47 Å². The normalized spacial score (nSPS) is 27.0. The van der Waals surface area contributed by atoms with Crippen molar-refractivity contribution in [2.75, 3.05) is 31.1 Å². The third-order valence-corrected chi connectivity index (χ3v) is 7.62. The number of thiocarbonyl (C=S) groups is 1. The number of carbonyl (C=O) groups is 1. The Hall–Kier alpha value is -2.19. The molecule has 1 aromatic heterocycles. The molecule has 0 N–H and O–H groups in total. The number of nitriles is 1. The van der Waals surface area contributed by atoms with Gasteiger partial charge >= 0.3 is 0 Å². The third kappa shape index (κ3) is 4.60. The summed E-state index contributed by atoms with van der Waals surface area (Å²) < 4.78 is 13.6. The van der Waals surface area contributed by atoms with Crippen LogP contribution in [0, 0.1) is 18.3 Å². The van der Waals surface area contributed by atoms with Crippen LogP contribution in [-0.2, 0) is 21.3 Å². The summed E-state index contributed by atoms with van der Waals surface area (Å²) in [5.74, 6) is 0.518. The molecule has 10 heteroatoms. The fraction of sp³-hybridized carbons (Fsp3) is 0.565. The minimum atomic E-state index is -0.347. The number of hydrogen-bond acceptors (Lipinski definition) is 8. The van der Waals surface area contributed by atoms with Crippen LogP contribution < -0.4 is 10.5 Å². The first-order valence-corrected chi connectivity index (χ1v) is 12.3. The lowest BCUT2D eigenvalue weighted by molar-refractivity contribution is -0.123. The molecule has 0 aromatic carbocycles. The first-order valence-electron chi connectivity index (χ1n) is 11.1. The maximum atomic E-state index is 13.2. The fourth-order valence-electron chi connectivity index (χ4n) is 4.73. The molecule has 3 atom stereocenters. The lowest BCUT2D eigenvalue weighted by atomic mass is 10.0. The molecule has 176 valence electrons. The molecule has 33 heavy (non-hydrogen) atoms.